The van der Waals surface area contributed by atoms with Gasteiger partial charge in [0.2, 0.25) is 0 Å². The molecule has 0 atom stereocenters. The summed E-state index contributed by atoms with van der Waals surface area (Å²) in [4.78, 5) is 2.54. The third-order valence-electron chi connectivity index (χ3n) is 4.56. The van der Waals surface area contributed by atoms with Crippen molar-refractivity contribution < 1.29 is 0 Å². The molecule has 0 unspecified atom stereocenters. The van der Waals surface area contributed by atoms with Crippen LogP contribution in [0.5, 0.6) is 0 Å². The molecule has 0 saturated heterocycles. The van der Waals surface area contributed by atoms with Crippen molar-refractivity contribution in [2.24, 2.45) is 0 Å². The zero-order valence-corrected chi connectivity index (χ0v) is 15.8. The topological polar surface area (TPSA) is 3.24 Å². The van der Waals surface area contributed by atoms with E-state index in [2.05, 4.69) is 31.6 Å². The van der Waals surface area contributed by atoms with Gasteiger partial charge >= 0.3 is 0 Å². The molecule has 0 amide bonds. The van der Waals surface area contributed by atoms with E-state index < -0.39 is 0 Å². The van der Waals surface area contributed by atoms with Crippen LogP contribution in [0.4, 0.5) is 0 Å². The SMILES string of the molecule is C=CCC(CC=C)N(CC=C)CCCCCCCCCCCC. The van der Waals surface area contributed by atoms with E-state index in [9.17, 15) is 0 Å². The van der Waals surface area contributed by atoms with Crippen LogP contribution in [0.15, 0.2) is 38.0 Å². The Morgan fingerprint density at radius 3 is 1.61 bits per heavy atom. The van der Waals surface area contributed by atoms with Crippen molar-refractivity contribution in [2.45, 2.75) is 90.0 Å². The molecular formula is C22H41N. The van der Waals surface area contributed by atoms with Gasteiger partial charge in [0.15, 0.2) is 0 Å². The molecule has 0 aromatic carbocycles. The first-order valence-corrected chi connectivity index (χ1v) is 9.86. The molecule has 0 fully saturated rings. The number of nitrogens with zero attached hydrogens (tertiary/aromatic N) is 1. The van der Waals surface area contributed by atoms with Gasteiger partial charge in [-0.1, -0.05) is 82.9 Å². The molecule has 134 valence electrons. The van der Waals surface area contributed by atoms with Crippen LogP contribution in [0.1, 0.15) is 84.0 Å². The minimum Gasteiger partial charge on any atom is -0.296 e. The summed E-state index contributed by atoms with van der Waals surface area (Å²) in [5.41, 5.74) is 0. The van der Waals surface area contributed by atoms with Crippen LogP contribution in [0.25, 0.3) is 0 Å². The molecular weight excluding hydrogens is 278 g/mol. The van der Waals surface area contributed by atoms with Crippen molar-refractivity contribution in [3.8, 4) is 0 Å². The van der Waals surface area contributed by atoms with Crippen LogP contribution in [0.2, 0.25) is 0 Å². The number of unbranched alkanes of at least 4 members (excludes halogenated alkanes) is 9. The van der Waals surface area contributed by atoms with Gasteiger partial charge in [-0.15, -0.1) is 19.7 Å². The highest BCUT2D eigenvalue weighted by molar-refractivity contribution is 4.88. The number of rotatable bonds is 18. The zero-order chi connectivity index (χ0) is 17.2. The van der Waals surface area contributed by atoms with Crippen molar-refractivity contribution in [1.29, 1.82) is 0 Å². The van der Waals surface area contributed by atoms with E-state index >= 15 is 0 Å². The second-order valence-electron chi connectivity index (χ2n) is 6.67. The Kier molecular flexibility index (Phi) is 16.9. The third kappa shape index (κ3) is 13.3. The third-order valence-corrected chi connectivity index (χ3v) is 4.56. The fourth-order valence-corrected chi connectivity index (χ4v) is 3.17. The maximum atomic E-state index is 3.91. The Morgan fingerprint density at radius 1 is 0.696 bits per heavy atom. The van der Waals surface area contributed by atoms with Crippen LogP contribution < -0.4 is 0 Å². The molecule has 23 heavy (non-hydrogen) atoms. The van der Waals surface area contributed by atoms with Gasteiger partial charge in [-0.2, -0.15) is 0 Å². The van der Waals surface area contributed by atoms with Crippen LogP contribution in [0, 0.1) is 0 Å². The molecule has 0 aromatic rings. The van der Waals surface area contributed by atoms with Gasteiger partial charge in [-0.25, -0.2) is 0 Å². The van der Waals surface area contributed by atoms with Crippen molar-refractivity contribution in [2.75, 3.05) is 13.1 Å². The lowest BCUT2D eigenvalue weighted by Crippen LogP contribution is -2.35. The summed E-state index contributed by atoms with van der Waals surface area (Å²) in [7, 11) is 0. The fraction of sp³-hybridized carbons (Fsp3) is 0.727. The second-order valence-corrected chi connectivity index (χ2v) is 6.67. The quantitative estimate of drug-likeness (QED) is 0.196. The van der Waals surface area contributed by atoms with Crippen molar-refractivity contribution in [3.63, 3.8) is 0 Å². The van der Waals surface area contributed by atoms with E-state index in [4.69, 9.17) is 0 Å². The molecule has 0 heterocycles. The fourth-order valence-electron chi connectivity index (χ4n) is 3.17. The minimum atomic E-state index is 0.543. The lowest BCUT2D eigenvalue weighted by atomic mass is 10.1. The monoisotopic (exact) mass is 319 g/mol. The Morgan fingerprint density at radius 2 is 1.17 bits per heavy atom. The molecule has 0 aliphatic carbocycles. The molecule has 0 saturated carbocycles. The summed E-state index contributed by atoms with van der Waals surface area (Å²) in [6.07, 6.45) is 22.1. The highest BCUT2D eigenvalue weighted by Gasteiger charge is 2.14. The van der Waals surface area contributed by atoms with E-state index in [-0.39, 0.29) is 0 Å². The Labute approximate surface area is 146 Å². The van der Waals surface area contributed by atoms with Gasteiger partial charge in [-0.05, 0) is 25.8 Å². The summed E-state index contributed by atoms with van der Waals surface area (Å²) in [5, 5.41) is 0. The van der Waals surface area contributed by atoms with E-state index in [1.165, 1.54) is 70.8 Å². The highest BCUT2D eigenvalue weighted by atomic mass is 15.1. The van der Waals surface area contributed by atoms with Gasteiger partial charge in [0.25, 0.3) is 0 Å². The van der Waals surface area contributed by atoms with Gasteiger partial charge in [0, 0.05) is 12.6 Å². The molecule has 1 nitrogen and oxygen atoms in total. The molecule has 0 bridgehead atoms. The number of hydrogen-bond acceptors (Lipinski definition) is 1. The molecule has 0 N–H and O–H groups in total. The van der Waals surface area contributed by atoms with E-state index in [0.717, 1.165) is 19.4 Å². The molecule has 0 aliphatic heterocycles. The first kappa shape index (κ1) is 22.2. The molecule has 0 spiro atoms. The second kappa shape index (κ2) is 17.5. The largest absolute Gasteiger partial charge is 0.296 e. The molecule has 0 aromatic heterocycles. The normalized spacial score (nSPS) is 11.1. The smallest absolute Gasteiger partial charge is 0.0167 e. The van der Waals surface area contributed by atoms with Crippen molar-refractivity contribution in [3.05, 3.63) is 38.0 Å². The predicted molar refractivity (Wildman–Crippen MR) is 107 cm³/mol. The zero-order valence-electron chi connectivity index (χ0n) is 15.8. The van der Waals surface area contributed by atoms with E-state index in [1.807, 2.05) is 18.2 Å². The Balaban J connectivity index is 3.76. The van der Waals surface area contributed by atoms with Gasteiger partial charge in [-0.3, -0.25) is 4.90 Å². The first-order chi connectivity index (χ1) is 11.3. The van der Waals surface area contributed by atoms with Crippen LogP contribution in [-0.4, -0.2) is 24.0 Å². The molecule has 1 heteroatoms. The minimum absolute atomic E-state index is 0.543. The summed E-state index contributed by atoms with van der Waals surface area (Å²) in [6.45, 7) is 16.1. The van der Waals surface area contributed by atoms with Gasteiger partial charge in [0.1, 0.15) is 0 Å². The van der Waals surface area contributed by atoms with Crippen molar-refractivity contribution >= 4 is 0 Å². The maximum absolute atomic E-state index is 3.91. The van der Waals surface area contributed by atoms with Crippen molar-refractivity contribution in [1.82, 2.24) is 4.90 Å². The summed E-state index contributed by atoms with van der Waals surface area (Å²) < 4.78 is 0. The lowest BCUT2D eigenvalue weighted by molar-refractivity contribution is 0.214. The number of hydrogen-bond donors (Lipinski definition) is 0. The summed E-state index contributed by atoms with van der Waals surface area (Å²) >= 11 is 0. The van der Waals surface area contributed by atoms with Crippen LogP contribution in [0.3, 0.4) is 0 Å². The first-order valence-electron chi connectivity index (χ1n) is 9.86. The van der Waals surface area contributed by atoms with E-state index in [1.54, 1.807) is 0 Å². The summed E-state index contributed by atoms with van der Waals surface area (Å²) in [5.74, 6) is 0. The standard InChI is InChI=1S/C22H41N/c1-5-9-10-11-12-13-14-15-16-17-21-23(20-8-4)22(18-6-2)19-7-3/h6-8,22H,2-5,9-21H2,1H3. The van der Waals surface area contributed by atoms with Crippen LogP contribution in [-0.2, 0) is 0 Å². The Hall–Kier alpha value is -0.820. The lowest BCUT2D eigenvalue weighted by Gasteiger charge is -2.29. The maximum Gasteiger partial charge on any atom is 0.0167 e. The van der Waals surface area contributed by atoms with Gasteiger partial charge in [0.05, 0.1) is 0 Å². The van der Waals surface area contributed by atoms with E-state index in [0.29, 0.717) is 6.04 Å². The Bertz CT molecular complexity index is 272. The van der Waals surface area contributed by atoms with Gasteiger partial charge < -0.3 is 0 Å². The average molecular weight is 320 g/mol. The molecule has 0 aliphatic rings. The molecule has 0 rings (SSSR count). The average Bonchev–Trinajstić information content (AvgIpc) is 2.55. The predicted octanol–water partition coefficient (Wildman–Crippen LogP) is 6.92. The summed E-state index contributed by atoms with van der Waals surface area (Å²) in [6, 6.07) is 0.543. The van der Waals surface area contributed by atoms with Crippen LogP contribution >= 0.6 is 0 Å². The highest BCUT2D eigenvalue weighted by Crippen LogP contribution is 2.14. The molecule has 0 radical (unpaired) electrons.